The van der Waals surface area contributed by atoms with Crippen LogP contribution in [0.3, 0.4) is 0 Å². The molecule has 2 atom stereocenters. The van der Waals surface area contributed by atoms with Crippen molar-refractivity contribution < 1.29 is 0 Å². The van der Waals surface area contributed by atoms with Crippen molar-refractivity contribution in [2.24, 2.45) is 0 Å². The van der Waals surface area contributed by atoms with Crippen LogP contribution in [0, 0.1) is 0 Å². The van der Waals surface area contributed by atoms with Gasteiger partial charge in [-0.3, -0.25) is 0 Å². The average molecular weight is 159 g/mol. The van der Waals surface area contributed by atoms with E-state index in [2.05, 4.69) is 35.2 Å². The van der Waals surface area contributed by atoms with Crippen molar-refractivity contribution in [1.29, 1.82) is 0 Å². The molecule has 1 aliphatic heterocycles. The molecule has 0 amide bonds. The standard InChI is InChI=1S/C11H13N/c1-2-5-9(6-3-1)12-10-7-4-8-11(10)12/h1-3,5-6,10-11H,4,7-8H2. The van der Waals surface area contributed by atoms with Gasteiger partial charge in [0.25, 0.3) is 0 Å². The molecule has 3 rings (SSSR count). The zero-order valence-corrected chi connectivity index (χ0v) is 7.11. The van der Waals surface area contributed by atoms with Crippen LogP contribution in [0.1, 0.15) is 19.3 Å². The highest BCUT2D eigenvalue weighted by molar-refractivity contribution is 5.57. The molecule has 1 aliphatic carbocycles. The lowest BCUT2D eigenvalue weighted by atomic mass is 10.3. The summed E-state index contributed by atoms with van der Waals surface area (Å²) >= 11 is 0. The van der Waals surface area contributed by atoms with Crippen LogP contribution in [0.2, 0.25) is 0 Å². The first kappa shape index (κ1) is 6.53. The van der Waals surface area contributed by atoms with Gasteiger partial charge in [0.2, 0.25) is 0 Å². The van der Waals surface area contributed by atoms with Gasteiger partial charge in [-0.1, -0.05) is 18.2 Å². The largest absolute Gasteiger partial charge is 0.361 e. The lowest BCUT2D eigenvalue weighted by molar-refractivity contribution is 0.777. The summed E-state index contributed by atoms with van der Waals surface area (Å²) in [5.74, 6) is 0. The monoisotopic (exact) mass is 159 g/mol. The van der Waals surface area contributed by atoms with Gasteiger partial charge in [0.15, 0.2) is 0 Å². The molecular formula is C11H13N. The Hall–Kier alpha value is -0.980. The fourth-order valence-corrected chi connectivity index (χ4v) is 2.52. The normalized spacial score (nSPS) is 31.8. The van der Waals surface area contributed by atoms with Crippen molar-refractivity contribution in [3.63, 3.8) is 0 Å². The van der Waals surface area contributed by atoms with Crippen LogP contribution in [0.25, 0.3) is 0 Å². The maximum absolute atomic E-state index is 2.56. The first-order valence-electron chi connectivity index (χ1n) is 4.80. The second-order valence-corrected chi connectivity index (χ2v) is 3.81. The van der Waals surface area contributed by atoms with Crippen molar-refractivity contribution >= 4 is 5.69 Å². The lowest BCUT2D eigenvalue weighted by Crippen LogP contribution is -2.02. The Kier molecular flexibility index (Phi) is 1.23. The van der Waals surface area contributed by atoms with E-state index in [4.69, 9.17) is 0 Å². The predicted octanol–water partition coefficient (Wildman–Crippen LogP) is 2.43. The van der Waals surface area contributed by atoms with E-state index in [-0.39, 0.29) is 0 Å². The van der Waals surface area contributed by atoms with Crippen LogP contribution in [0.15, 0.2) is 30.3 Å². The van der Waals surface area contributed by atoms with Gasteiger partial charge < -0.3 is 4.90 Å². The summed E-state index contributed by atoms with van der Waals surface area (Å²) in [6, 6.07) is 12.6. The van der Waals surface area contributed by atoms with Gasteiger partial charge in [-0.15, -0.1) is 0 Å². The summed E-state index contributed by atoms with van der Waals surface area (Å²) in [6.07, 6.45) is 4.28. The van der Waals surface area contributed by atoms with Gasteiger partial charge in [0.05, 0.1) is 0 Å². The van der Waals surface area contributed by atoms with Gasteiger partial charge in [0, 0.05) is 17.8 Å². The Labute approximate surface area is 73.0 Å². The SMILES string of the molecule is c1ccc(N2C3CCCC32)cc1. The number of nitrogens with zero attached hydrogens (tertiary/aromatic N) is 1. The van der Waals surface area contributed by atoms with Crippen molar-refractivity contribution in [3.05, 3.63) is 30.3 Å². The topological polar surface area (TPSA) is 3.01 Å². The molecule has 0 bridgehead atoms. The molecule has 1 nitrogen and oxygen atoms in total. The molecule has 12 heavy (non-hydrogen) atoms. The summed E-state index contributed by atoms with van der Waals surface area (Å²) in [5, 5.41) is 0. The molecule has 62 valence electrons. The number of rotatable bonds is 1. The van der Waals surface area contributed by atoms with E-state index in [0.717, 1.165) is 12.1 Å². The van der Waals surface area contributed by atoms with Gasteiger partial charge in [-0.05, 0) is 31.4 Å². The number of piperidine rings is 1. The Morgan fingerprint density at radius 2 is 1.67 bits per heavy atom. The third-order valence-corrected chi connectivity index (χ3v) is 3.12. The van der Waals surface area contributed by atoms with E-state index in [9.17, 15) is 0 Å². The Morgan fingerprint density at radius 3 is 2.33 bits per heavy atom. The molecule has 0 N–H and O–H groups in total. The third-order valence-electron chi connectivity index (χ3n) is 3.12. The van der Waals surface area contributed by atoms with E-state index >= 15 is 0 Å². The molecule has 2 aliphatic rings. The number of para-hydroxylation sites is 1. The van der Waals surface area contributed by atoms with Gasteiger partial charge in [-0.2, -0.15) is 0 Å². The zero-order chi connectivity index (χ0) is 7.97. The maximum Gasteiger partial charge on any atom is 0.0497 e. The van der Waals surface area contributed by atoms with Crippen LogP contribution >= 0.6 is 0 Å². The van der Waals surface area contributed by atoms with Crippen LogP contribution in [0.4, 0.5) is 5.69 Å². The van der Waals surface area contributed by atoms with Crippen LogP contribution in [-0.4, -0.2) is 12.1 Å². The van der Waals surface area contributed by atoms with Crippen molar-refractivity contribution in [1.82, 2.24) is 0 Å². The Morgan fingerprint density at radius 1 is 1.00 bits per heavy atom. The number of anilines is 1. The number of fused-ring (bicyclic) bond motifs is 1. The van der Waals surface area contributed by atoms with Crippen LogP contribution in [0.5, 0.6) is 0 Å². The van der Waals surface area contributed by atoms with E-state index in [1.54, 1.807) is 0 Å². The van der Waals surface area contributed by atoms with E-state index < -0.39 is 0 Å². The average Bonchev–Trinajstić information content (AvgIpc) is 2.62. The molecule has 2 unspecified atom stereocenters. The molecule has 0 aromatic heterocycles. The first-order chi connectivity index (χ1) is 5.97. The van der Waals surface area contributed by atoms with E-state index in [1.807, 2.05) is 0 Å². The predicted molar refractivity (Wildman–Crippen MR) is 50.3 cm³/mol. The van der Waals surface area contributed by atoms with Gasteiger partial charge in [-0.25, -0.2) is 0 Å². The zero-order valence-electron chi connectivity index (χ0n) is 7.11. The summed E-state index contributed by atoms with van der Waals surface area (Å²) in [5.41, 5.74) is 1.42. The Balaban J connectivity index is 1.85. The molecule has 1 aromatic rings. The fraction of sp³-hybridized carbons (Fsp3) is 0.455. The van der Waals surface area contributed by atoms with Crippen LogP contribution < -0.4 is 4.90 Å². The molecule has 1 aromatic carbocycles. The number of benzene rings is 1. The molecular weight excluding hydrogens is 146 g/mol. The lowest BCUT2D eigenvalue weighted by Gasteiger charge is -2.08. The van der Waals surface area contributed by atoms with E-state index in [1.165, 1.54) is 24.9 Å². The van der Waals surface area contributed by atoms with Crippen molar-refractivity contribution in [2.75, 3.05) is 4.90 Å². The Bertz CT molecular complexity index is 270. The quantitative estimate of drug-likeness (QED) is 0.569. The molecule has 1 heterocycles. The minimum absolute atomic E-state index is 0.896. The highest BCUT2D eigenvalue weighted by atomic mass is 15.4. The highest BCUT2D eigenvalue weighted by Crippen LogP contribution is 2.45. The first-order valence-corrected chi connectivity index (χ1v) is 4.80. The molecule has 1 saturated heterocycles. The number of hydrogen-bond donors (Lipinski definition) is 0. The highest BCUT2D eigenvalue weighted by Gasteiger charge is 2.50. The summed E-state index contributed by atoms with van der Waals surface area (Å²) < 4.78 is 0. The molecule has 1 saturated carbocycles. The third kappa shape index (κ3) is 0.795. The summed E-state index contributed by atoms with van der Waals surface area (Å²) in [6.45, 7) is 0. The number of hydrogen-bond acceptors (Lipinski definition) is 1. The van der Waals surface area contributed by atoms with Gasteiger partial charge in [0.1, 0.15) is 0 Å². The minimum Gasteiger partial charge on any atom is -0.361 e. The molecule has 1 heteroatoms. The summed E-state index contributed by atoms with van der Waals surface area (Å²) in [4.78, 5) is 2.56. The maximum atomic E-state index is 2.56. The van der Waals surface area contributed by atoms with E-state index in [0.29, 0.717) is 0 Å². The van der Waals surface area contributed by atoms with Crippen molar-refractivity contribution in [2.45, 2.75) is 31.3 Å². The molecule has 0 spiro atoms. The van der Waals surface area contributed by atoms with Crippen molar-refractivity contribution in [3.8, 4) is 0 Å². The molecule has 2 fully saturated rings. The fourth-order valence-electron chi connectivity index (χ4n) is 2.52. The second-order valence-electron chi connectivity index (χ2n) is 3.81. The second kappa shape index (κ2) is 2.25. The summed E-state index contributed by atoms with van der Waals surface area (Å²) in [7, 11) is 0. The minimum atomic E-state index is 0.896. The smallest absolute Gasteiger partial charge is 0.0497 e. The van der Waals surface area contributed by atoms with Gasteiger partial charge >= 0.3 is 0 Å². The molecule has 0 radical (unpaired) electrons. The van der Waals surface area contributed by atoms with Crippen LogP contribution in [-0.2, 0) is 0 Å².